The van der Waals surface area contributed by atoms with E-state index in [4.69, 9.17) is 9.47 Å². The Balaban J connectivity index is 1.46. The largest absolute Gasteiger partial charge is 0.463 e. The number of ether oxygens (including phenoxy) is 2. The van der Waals surface area contributed by atoms with Crippen LogP contribution in [0.25, 0.3) is 0 Å². The second-order valence-electron chi connectivity index (χ2n) is 7.55. The van der Waals surface area contributed by atoms with E-state index in [0.717, 1.165) is 36.5 Å². The molecule has 2 bridgehead atoms. The maximum Gasteiger partial charge on any atom is 0.330 e. The van der Waals surface area contributed by atoms with Crippen molar-refractivity contribution in [1.82, 2.24) is 0 Å². The minimum atomic E-state index is -0.314. The number of rotatable bonds is 8. The lowest BCUT2D eigenvalue weighted by Crippen LogP contribution is -2.28. The van der Waals surface area contributed by atoms with Crippen LogP contribution in [0.5, 0.6) is 0 Å². The van der Waals surface area contributed by atoms with Gasteiger partial charge in [-0.05, 0) is 74.0 Å². The summed E-state index contributed by atoms with van der Waals surface area (Å²) < 4.78 is 10.3. The van der Waals surface area contributed by atoms with E-state index in [1.165, 1.54) is 37.8 Å². The predicted octanol–water partition coefficient (Wildman–Crippen LogP) is 3.52. The minimum absolute atomic E-state index is 0.313. The molecule has 6 unspecified atom stereocenters. The molecule has 0 aromatic carbocycles. The summed E-state index contributed by atoms with van der Waals surface area (Å²) in [4.78, 5) is 22.3. The van der Waals surface area contributed by atoms with Gasteiger partial charge in [0.25, 0.3) is 0 Å². The van der Waals surface area contributed by atoms with E-state index < -0.39 is 0 Å². The standard InChI is InChI=1S/C20H28O4/c1-3-18(21)23-9-7-13-5-6-16-17-12-15(20(13)16)11-14(17)8-10-24-19(22)4-2/h3-4,13-17,20H,1-2,5-12H2. The zero-order chi connectivity index (χ0) is 17.1. The maximum atomic E-state index is 11.2. The van der Waals surface area contributed by atoms with Crippen molar-refractivity contribution in [3.8, 4) is 0 Å². The van der Waals surface area contributed by atoms with Crippen LogP contribution in [0.3, 0.4) is 0 Å². The summed E-state index contributed by atoms with van der Waals surface area (Å²) >= 11 is 0. The molecule has 4 nitrogen and oxygen atoms in total. The van der Waals surface area contributed by atoms with Crippen LogP contribution in [0.1, 0.15) is 38.5 Å². The highest BCUT2D eigenvalue weighted by Crippen LogP contribution is 2.63. The Kier molecular flexibility index (Phi) is 5.42. The number of fused-ring (bicyclic) bond motifs is 5. The first-order chi connectivity index (χ1) is 11.6. The van der Waals surface area contributed by atoms with Crippen LogP contribution in [-0.2, 0) is 19.1 Å². The Morgan fingerprint density at radius 2 is 1.50 bits per heavy atom. The van der Waals surface area contributed by atoms with Gasteiger partial charge in [0.1, 0.15) is 0 Å². The first-order valence-electron chi connectivity index (χ1n) is 9.22. The predicted molar refractivity (Wildman–Crippen MR) is 91.0 cm³/mol. The smallest absolute Gasteiger partial charge is 0.330 e. The highest BCUT2D eigenvalue weighted by molar-refractivity contribution is 5.81. The first-order valence-corrected chi connectivity index (χ1v) is 9.22. The van der Waals surface area contributed by atoms with E-state index in [0.29, 0.717) is 25.0 Å². The van der Waals surface area contributed by atoms with Crippen LogP contribution in [0.4, 0.5) is 0 Å². The van der Waals surface area contributed by atoms with Gasteiger partial charge in [-0.2, -0.15) is 0 Å². The van der Waals surface area contributed by atoms with Crippen molar-refractivity contribution in [2.45, 2.75) is 38.5 Å². The highest BCUT2D eigenvalue weighted by Gasteiger charge is 2.56. The molecule has 0 saturated heterocycles. The Morgan fingerprint density at radius 1 is 0.875 bits per heavy atom. The maximum absolute atomic E-state index is 11.2. The van der Waals surface area contributed by atoms with Crippen molar-refractivity contribution < 1.29 is 19.1 Å². The molecule has 3 fully saturated rings. The van der Waals surface area contributed by atoms with Crippen LogP contribution in [0.2, 0.25) is 0 Å². The molecule has 3 aliphatic carbocycles. The Morgan fingerprint density at radius 3 is 2.12 bits per heavy atom. The van der Waals surface area contributed by atoms with Gasteiger partial charge in [0.05, 0.1) is 13.2 Å². The van der Waals surface area contributed by atoms with Crippen LogP contribution in [0.15, 0.2) is 25.3 Å². The molecule has 0 radical (unpaired) electrons. The normalized spacial score (nSPS) is 36.2. The van der Waals surface area contributed by atoms with Crippen molar-refractivity contribution in [2.75, 3.05) is 13.2 Å². The third-order valence-electron chi connectivity index (χ3n) is 6.59. The lowest BCUT2D eigenvalue weighted by molar-refractivity contribution is -0.139. The number of esters is 2. The molecule has 3 rings (SSSR count). The molecule has 0 spiro atoms. The van der Waals surface area contributed by atoms with Crippen molar-refractivity contribution in [3.05, 3.63) is 25.3 Å². The fourth-order valence-corrected chi connectivity index (χ4v) is 5.82. The third-order valence-corrected chi connectivity index (χ3v) is 6.59. The monoisotopic (exact) mass is 332 g/mol. The van der Waals surface area contributed by atoms with Crippen LogP contribution in [-0.4, -0.2) is 25.2 Å². The van der Waals surface area contributed by atoms with Gasteiger partial charge < -0.3 is 9.47 Å². The lowest BCUT2D eigenvalue weighted by atomic mass is 9.72. The summed E-state index contributed by atoms with van der Waals surface area (Å²) in [5.74, 6) is 4.09. The molecule has 6 atom stereocenters. The Bertz CT molecular complexity index is 512. The van der Waals surface area contributed by atoms with Crippen LogP contribution < -0.4 is 0 Å². The second kappa shape index (κ2) is 7.54. The van der Waals surface area contributed by atoms with Gasteiger partial charge >= 0.3 is 11.9 Å². The van der Waals surface area contributed by atoms with Gasteiger partial charge in [-0.1, -0.05) is 13.2 Å². The van der Waals surface area contributed by atoms with E-state index in [1.807, 2.05) is 0 Å². The van der Waals surface area contributed by atoms with E-state index in [-0.39, 0.29) is 11.9 Å². The highest BCUT2D eigenvalue weighted by atomic mass is 16.5. The molecule has 132 valence electrons. The van der Waals surface area contributed by atoms with Gasteiger partial charge in [-0.15, -0.1) is 0 Å². The average molecular weight is 332 g/mol. The fourth-order valence-electron chi connectivity index (χ4n) is 5.82. The molecular formula is C20H28O4. The number of carbonyl (C=O) groups excluding carboxylic acids is 2. The minimum Gasteiger partial charge on any atom is -0.463 e. The SMILES string of the molecule is C=CC(=O)OCCC1CC2CC1C1CCC(CCOC(=O)C=C)C21. The molecule has 0 amide bonds. The topological polar surface area (TPSA) is 52.6 Å². The van der Waals surface area contributed by atoms with Gasteiger partial charge in [0, 0.05) is 12.2 Å². The molecule has 0 heterocycles. The Hall–Kier alpha value is -1.58. The molecular weight excluding hydrogens is 304 g/mol. The molecule has 24 heavy (non-hydrogen) atoms. The zero-order valence-corrected chi connectivity index (χ0v) is 14.3. The van der Waals surface area contributed by atoms with Crippen molar-refractivity contribution in [3.63, 3.8) is 0 Å². The van der Waals surface area contributed by atoms with E-state index in [9.17, 15) is 9.59 Å². The summed E-state index contributed by atoms with van der Waals surface area (Å²) in [7, 11) is 0. The van der Waals surface area contributed by atoms with Crippen molar-refractivity contribution in [2.24, 2.45) is 35.5 Å². The average Bonchev–Trinajstić information content (AvgIpc) is 3.27. The molecule has 0 aromatic rings. The van der Waals surface area contributed by atoms with Gasteiger partial charge in [-0.25, -0.2) is 9.59 Å². The van der Waals surface area contributed by atoms with Crippen molar-refractivity contribution >= 4 is 11.9 Å². The van der Waals surface area contributed by atoms with Gasteiger partial charge in [-0.3, -0.25) is 0 Å². The molecule has 4 heteroatoms. The van der Waals surface area contributed by atoms with E-state index in [1.54, 1.807) is 0 Å². The molecule has 0 aromatic heterocycles. The van der Waals surface area contributed by atoms with Crippen LogP contribution >= 0.6 is 0 Å². The second-order valence-corrected chi connectivity index (χ2v) is 7.55. The quantitative estimate of drug-likeness (QED) is 0.504. The summed E-state index contributed by atoms with van der Waals surface area (Å²) in [5.41, 5.74) is 0. The number of hydrogen-bond donors (Lipinski definition) is 0. The summed E-state index contributed by atoms with van der Waals surface area (Å²) in [6.07, 6.45) is 9.66. The van der Waals surface area contributed by atoms with Gasteiger partial charge in [0.2, 0.25) is 0 Å². The third kappa shape index (κ3) is 3.42. The number of hydrogen-bond acceptors (Lipinski definition) is 4. The lowest BCUT2D eigenvalue weighted by Gasteiger charge is -2.34. The van der Waals surface area contributed by atoms with Crippen molar-refractivity contribution in [1.29, 1.82) is 0 Å². The van der Waals surface area contributed by atoms with E-state index in [2.05, 4.69) is 13.2 Å². The Labute approximate surface area is 144 Å². The summed E-state index contributed by atoms with van der Waals surface area (Å²) in [6, 6.07) is 0. The van der Waals surface area contributed by atoms with Gasteiger partial charge in [0.15, 0.2) is 0 Å². The molecule has 0 aliphatic heterocycles. The van der Waals surface area contributed by atoms with E-state index >= 15 is 0 Å². The molecule has 0 N–H and O–H groups in total. The fraction of sp³-hybridized carbons (Fsp3) is 0.700. The molecule has 3 aliphatic rings. The zero-order valence-electron chi connectivity index (χ0n) is 14.3. The summed E-state index contributed by atoms with van der Waals surface area (Å²) in [5, 5.41) is 0. The summed E-state index contributed by atoms with van der Waals surface area (Å²) in [6.45, 7) is 7.91. The van der Waals surface area contributed by atoms with Crippen LogP contribution in [0, 0.1) is 35.5 Å². The first kappa shape index (κ1) is 17.2. The molecule has 3 saturated carbocycles. The number of carbonyl (C=O) groups is 2.